The summed E-state index contributed by atoms with van der Waals surface area (Å²) in [6.45, 7) is 19.7. The smallest absolute Gasteiger partial charge is 0.334 e. The minimum atomic E-state index is -0.296. The molecule has 0 N–H and O–H groups in total. The van der Waals surface area contributed by atoms with Crippen molar-refractivity contribution < 1.29 is 14.3 Å². The summed E-state index contributed by atoms with van der Waals surface area (Å²) in [5, 5.41) is 0. The van der Waals surface area contributed by atoms with E-state index in [2.05, 4.69) is 79.3 Å². The van der Waals surface area contributed by atoms with Crippen LogP contribution in [0.15, 0.2) is 11.8 Å². The Bertz CT molecular complexity index is 613. The molecule has 2 aliphatic heterocycles. The molecule has 0 bridgehead atoms. The van der Waals surface area contributed by atoms with Gasteiger partial charge in [0.25, 0.3) is 0 Å². The van der Waals surface area contributed by atoms with E-state index in [9.17, 15) is 4.79 Å². The molecule has 2 rings (SSSR count). The lowest BCUT2D eigenvalue weighted by Gasteiger charge is -2.53. The SMILES string of the molecule is C/C(=C/C(=O)OC1CC(C)(C)N(C)C(C)(C)C1)OC1CC(C)(C)N(C)C(C)(C)C1. The van der Waals surface area contributed by atoms with Gasteiger partial charge in [-0.15, -0.1) is 0 Å². The van der Waals surface area contributed by atoms with Crippen molar-refractivity contribution in [1.29, 1.82) is 0 Å². The van der Waals surface area contributed by atoms with Crippen LogP contribution in [0.1, 0.15) is 88.0 Å². The molecule has 2 aliphatic rings. The van der Waals surface area contributed by atoms with Crippen molar-refractivity contribution in [3.05, 3.63) is 11.8 Å². The highest BCUT2D eigenvalue weighted by Crippen LogP contribution is 2.39. The van der Waals surface area contributed by atoms with E-state index >= 15 is 0 Å². The summed E-state index contributed by atoms with van der Waals surface area (Å²) in [5.41, 5.74) is 0.0947. The monoisotopic (exact) mass is 408 g/mol. The molecular formula is C24H44N2O3. The van der Waals surface area contributed by atoms with Gasteiger partial charge in [0.05, 0.1) is 6.08 Å². The second-order valence-corrected chi connectivity index (χ2v) is 11.7. The molecule has 0 aliphatic carbocycles. The second-order valence-electron chi connectivity index (χ2n) is 11.7. The Labute approximate surface area is 178 Å². The van der Waals surface area contributed by atoms with Gasteiger partial charge >= 0.3 is 5.97 Å². The molecule has 0 unspecified atom stereocenters. The van der Waals surface area contributed by atoms with Crippen LogP contribution in [0.2, 0.25) is 0 Å². The van der Waals surface area contributed by atoms with E-state index < -0.39 is 0 Å². The van der Waals surface area contributed by atoms with E-state index in [4.69, 9.17) is 9.47 Å². The molecule has 2 heterocycles. The minimum absolute atomic E-state index is 0.00670. The number of allylic oxidation sites excluding steroid dienone is 1. The summed E-state index contributed by atoms with van der Waals surface area (Å²) in [7, 11) is 4.33. The van der Waals surface area contributed by atoms with E-state index in [-0.39, 0.29) is 40.3 Å². The number of nitrogens with zero attached hydrogens (tertiary/aromatic N) is 2. The zero-order chi connectivity index (χ0) is 22.4. The summed E-state index contributed by atoms with van der Waals surface area (Å²) in [6, 6.07) is 0. The summed E-state index contributed by atoms with van der Waals surface area (Å²) >= 11 is 0. The van der Waals surface area contributed by atoms with Gasteiger partial charge in [-0.25, -0.2) is 4.79 Å². The number of likely N-dealkylation sites (tertiary alicyclic amines) is 2. The molecule has 0 atom stereocenters. The molecule has 0 radical (unpaired) electrons. The lowest BCUT2D eigenvalue weighted by atomic mass is 9.78. The summed E-state index contributed by atoms with van der Waals surface area (Å²) in [5.74, 6) is 0.345. The number of rotatable bonds is 4. The first-order valence-electron chi connectivity index (χ1n) is 11.0. The van der Waals surface area contributed by atoms with E-state index in [1.54, 1.807) is 0 Å². The van der Waals surface area contributed by atoms with E-state index in [1.807, 2.05) is 6.92 Å². The van der Waals surface area contributed by atoms with Crippen LogP contribution >= 0.6 is 0 Å². The lowest BCUT2D eigenvalue weighted by Crippen LogP contribution is -2.60. The Morgan fingerprint density at radius 1 is 0.724 bits per heavy atom. The number of hydrogen-bond donors (Lipinski definition) is 0. The van der Waals surface area contributed by atoms with Gasteiger partial charge in [0.15, 0.2) is 0 Å². The predicted molar refractivity (Wildman–Crippen MR) is 119 cm³/mol. The molecule has 29 heavy (non-hydrogen) atoms. The average Bonchev–Trinajstić information content (AvgIpc) is 2.48. The molecule has 5 nitrogen and oxygen atoms in total. The fraction of sp³-hybridized carbons (Fsp3) is 0.875. The fourth-order valence-corrected chi connectivity index (χ4v) is 5.39. The molecule has 5 heteroatoms. The van der Waals surface area contributed by atoms with Crippen molar-refractivity contribution in [2.75, 3.05) is 14.1 Å². The van der Waals surface area contributed by atoms with Crippen LogP contribution < -0.4 is 0 Å². The van der Waals surface area contributed by atoms with E-state index in [0.717, 1.165) is 25.7 Å². The summed E-state index contributed by atoms with van der Waals surface area (Å²) in [6.07, 6.45) is 5.09. The molecule has 0 aromatic heterocycles. The third-order valence-electron chi connectivity index (χ3n) is 7.50. The lowest BCUT2D eigenvalue weighted by molar-refractivity contribution is -0.153. The van der Waals surface area contributed by atoms with Crippen LogP contribution in [0.5, 0.6) is 0 Å². The number of hydrogen-bond acceptors (Lipinski definition) is 5. The van der Waals surface area contributed by atoms with Crippen LogP contribution in [0.3, 0.4) is 0 Å². The first-order valence-corrected chi connectivity index (χ1v) is 11.0. The van der Waals surface area contributed by atoms with Crippen molar-refractivity contribution in [2.24, 2.45) is 0 Å². The number of carbonyl (C=O) groups is 1. The number of esters is 1. The normalized spacial score (nSPS) is 28.2. The zero-order valence-corrected chi connectivity index (χ0v) is 20.7. The van der Waals surface area contributed by atoms with Gasteiger partial charge in [-0.3, -0.25) is 9.80 Å². The second kappa shape index (κ2) is 7.88. The van der Waals surface area contributed by atoms with Crippen LogP contribution in [0, 0.1) is 0 Å². The van der Waals surface area contributed by atoms with Crippen LogP contribution in [-0.4, -0.2) is 64.2 Å². The molecule has 168 valence electrons. The maximum Gasteiger partial charge on any atom is 0.334 e. The third kappa shape index (κ3) is 5.55. The fourth-order valence-electron chi connectivity index (χ4n) is 5.39. The number of carbonyl (C=O) groups excluding carboxylic acids is 1. The Morgan fingerprint density at radius 2 is 1.03 bits per heavy atom. The molecule has 0 aromatic carbocycles. The van der Waals surface area contributed by atoms with Crippen LogP contribution in [0.25, 0.3) is 0 Å². The highest BCUT2D eigenvalue weighted by molar-refractivity contribution is 5.82. The molecule has 0 amide bonds. The standard InChI is InChI=1S/C24H44N2O3/c1-17(28-18-13-21(2,3)25(10)22(4,5)14-18)12-20(27)29-19-15-23(6,7)26(11)24(8,9)16-19/h12,18-19H,13-16H2,1-11H3/b17-12-. The zero-order valence-electron chi connectivity index (χ0n) is 20.7. The van der Waals surface area contributed by atoms with E-state index in [1.165, 1.54) is 6.08 Å². The topological polar surface area (TPSA) is 42.0 Å². The van der Waals surface area contributed by atoms with E-state index in [0.29, 0.717) is 5.76 Å². The van der Waals surface area contributed by atoms with Gasteiger partial charge in [0.1, 0.15) is 18.0 Å². The van der Waals surface area contributed by atoms with Crippen LogP contribution in [-0.2, 0) is 14.3 Å². The van der Waals surface area contributed by atoms with Crippen molar-refractivity contribution in [1.82, 2.24) is 9.80 Å². The van der Waals surface area contributed by atoms with Gasteiger partial charge in [0, 0.05) is 47.8 Å². The Kier molecular flexibility index (Phi) is 6.58. The Hall–Kier alpha value is -1.07. The molecule has 0 spiro atoms. The van der Waals surface area contributed by atoms with Gasteiger partial charge in [-0.1, -0.05) is 0 Å². The molecule has 2 fully saturated rings. The highest BCUT2D eigenvalue weighted by Gasteiger charge is 2.45. The third-order valence-corrected chi connectivity index (χ3v) is 7.50. The summed E-state index contributed by atoms with van der Waals surface area (Å²) in [4.78, 5) is 17.4. The largest absolute Gasteiger partial charge is 0.495 e. The number of piperidine rings is 2. The quantitative estimate of drug-likeness (QED) is 0.381. The molecule has 0 aromatic rings. The molecule has 2 saturated heterocycles. The number of ether oxygens (including phenoxy) is 2. The first kappa shape index (κ1) is 24.2. The van der Waals surface area contributed by atoms with Crippen molar-refractivity contribution in [3.63, 3.8) is 0 Å². The first-order chi connectivity index (χ1) is 13.0. The van der Waals surface area contributed by atoms with Gasteiger partial charge in [0.2, 0.25) is 0 Å². The van der Waals surface area contributed by atoms with Gasteiger partial charge < -0.3 is 9.47 Å². The maximum atomic E-state index is 12.6. The van der Waals surface area contributed by atoms with Gasteiger partial charge in [-0.2, -0.15) is 0 Å². The molecular weight excluding hydrogens is 364 g/mol. The summed E-state index contributed by atoms with van der Waals surface area (Å²) < 4.78 is 12.0. The highest BCUT2D eigenvalue weighted by atomic mass is 16.5. The van der Waals surface area contributed by atoms with Crippen molar-refractivity contribution >= 4 is 5.97 Å². The Morgan fingerprint density at radius 3 is 1.38 bits per heavy atom. The average molecular weight is 409 g/mol. The Balaban J connectivity index is 1.99. The van der Waals surface area contributed by atoms with Crippen molar-refractivity contribution in [2.45, 2.75) is 122 Å². The van der Waals surface area contributed by atoms with Crippen molar-refractivity contribution in [3.8, 4) is 0 Å². The molecule has 0 saturated carbocycles. The van der Waals surface area contributed by atoms with Crippen LogP contribution in [0.4, 0.5) is 0 Å². The van der Waals surface area contributed by atoms with Gasteiger partial charge in [-0.05, 0) is 76.4 Å². The minimum Gasteiger partial charge on any atom is -0.495 e. The predicted octanol–water partition coefficient (Wildman–Crippen LogP) is 4.75. The maximum absolute atomic E-state index is 12.6.